The molecule has 3 unspecified atom stereocenters. The van der Waals surface area contributed by atoms with Crippen LogP contribution in [0.1, 0.15) is 13.2 Å². The molecule has 1 aliphatic heterocycles. The van der Waals surface area contributed by atoms with Crippen molar-refractivity contribution in [2.45, 2.75) is 36.3 Å². The fourth-order valence-corrected chi connectivity index (χ4v) is 6.09. The first kappa shape index (κ1) is 27.4. The number of phosphoric acid groups is 3. The molecule has 7 atom stereocenters. The molecule has 0 aromatic carbocycles. The van der Waals surface area contributed by atoms with Crippen LogP contribution in [0.2, 0.25) is 0 Å². The molecule has 0 radical (unpaired) electrons. The largest absolute Gasteiger partial charge is 0.490 e. The number of anilines is 1. The summed E-state index contributed by atoms with van der Waals surface area (Å²) in [6.45, 7) is -0.543. The Labute approximate surface area is 182 Å². The number of alkyl halides is 2. The van der Waals surface area contributed by atoms with Gasteiger partial charge in [-0.3, -0.25) is 4.52 Å². The van der Waals surface area contributed by atoms with E-state index in [1.54, 1.807) is 0 Å². The smallest absolute Gasteiger partial charge is 0.388 e. The summed E-state index contributed by atoms with van der Waals surface area (Å²) in [7, 11) is -17.0. The Morgan fingerprint density at radius 2 is 1.91 bits per heavy atom. The minimum absolute atomic E-state index is 0.289. The lowest BCUT2D eigenvalue weighted by Gasteiger charge is -2.27. The van der Waals surface area contributed by atoms with Gasteiger partial charge in [0.05, 0.1) is 12.3 Å². The molecule has 0 spiro atoms. The van der Waals surface area contributed by atoms with Gasteiger partial charge in [0.2, 0.25) is 0 Å². The van der Waals surface area contributed by atoms with E-state index in [1.165, 1.54) is 0 Å². The highest BCUT2D eigenvalue weighted by Gasteiger charge is 2.59. The second kappa shape index (κ2) is 9.43. The number of nitrogens with two attached hydrogens (primary N) is 1. The van der Waals surface area contributed by atoms with Crippen LogP contribution in [0, 0.1) is 0 Å². The van der Waals surface area contributed by atoms with Crippen molar-refractivity contribution >= 4 is 40.9 Å². The van der Waals surface area contributed by atoms with Crippen LogP contribution >= 0.6 is 35.1 Å². The van der Waals surface area contributed by atoms with Crippen LogP contribution in [0.5, 0.6) is 0 Å². The van der Waals surface area contributed by atoms with E-state index in [-0.39, 0.29) is 5.82 Å². The van der Waals surface area contributed by atoms with Crippen LogP contribution in [0.4, 0.5) is 10.2 Å². The number of hydrogen-bond acceptors (Lipinski definition) is 12. The standard InChI is InChI=1S/C10H17ClFN4O13P3/c1-4(27-31(22,23)29-32(24,25)28-30(19,20)21)6-7(17)10(11,3-12)8(26-6)16-9(18)15-5(13)2-14-16/h2,4,6-8,17H,3H2,1H3,(H,22,23)(H,24,25)(H2,13,15,18)(H2,19,20,21)/t4-,6+,7?,8+,10+/m0/s1. The molecule has 184 valence electrons. The quantitative estimate of drug-likeness (QED) is 0.162. The van der Waals surface area contributed by atoms with Crippen molar-refractivity contribution in [3.63, 3.8) is 0 Å². The number of nitrogens with zero attached hydrogens (tertiary/aromatic N) is 3. The summed E-state index contributed by atoms with van der Waals surface area (Å²) in [5, 5.41) is 14.0. The van der Waals surface area contributed by atoms with Crippen LogP contribution in [-0.2, 0) is 31.6 Å². The summed E-state index contributed by atoms with van der Waals surface area (Å²) >= 11 is 6.09. The zero-order valence-electron chi connectivity index (χ0n) is 15.6. The number of nitrogen functional groups attached to an aromatic ring is 1. The van der Waals surface area contributed by atoms with Crippen molar-refractivity contribution in [3.05, 3.63) is 16.7 Å². The maximum atomic E-state index is 13.7. The Bertz CT molecular complexity index is 1060. The highest BCUT2D eigenvalue weighted by atomic mass is 35.5. The summed E-state index contributed by atoms with van der Waals surface area (Å²) in [5.41, 5.74) is 4.17. The molecule has 2 rings (SSSR count). The first-order chi connectivity index (χ1) is 14.4. The van der Waals surface area contributed by atoms with Gasteiger partial charge >= 0.3 is 29.2 Å². The summed E-state index contributed by atoms with van der Waals surface area (Å²) in [4.78, 5) is 48.8. The molecule has 17 nitrogen and oxygen atoms in total. The van der Waals surface area contributed by atoms with Crippen LogP contribution in [0.25, 0.3) is 0 Å². The van der Waals surface area contributed by atoms with Gasteiger partial charge in [-0.15, -0.1) is 11.6 Å². The van der Waals surface area contributed by atoms with Gasteiger partial charge in [0, 0.05) is 0 Å². The normalized spacial score (nSPS) is 31.1. The molecule has 0 amide bonds. The summed E-state index contributed by atoms with van der Waals surface area (Å²) in [5.74, 6) is -0.289. The minimum Gasteiger partial charge on any atom is -0.388 e. The first-order valence-corrected chi connectivity index (χ1v) is 12.9. The Balaban J connectivity index is 2.25. The fourth-order valence-electron chi connectivity index (χ4n) is 2.62. The minimum atomic E-state index is -5.81. The van der Waals surface area contributed by atoms with Gasteiger partial charge in [-0.05, 0) is 6.92 Å². The van der Waals surface area contributed by atoms with Crippen molar-refractivity contribution in [3.8, 4) is 0 Å². The van der Waals surface area contributed by atoms with E-state index in [0.717, 1.165) is 13.1 Å². The van der Waals surface area contributed by atoms with E-state index in [9.17, 15) is 37.8 Å². The van der Waals surface area contributed by atoms with Gasteiger partial charge in [0.25, 0.3) is 0 Å². The molecule has 1 aromatic heterocycles. The Morgan fingerprint density at radius 3 is 2.41 bits per heavy atom. The molecule has 7 N–H and O–H groups in total. The number of ether oxygens (including phenoxy) is 1. The van der Waals surface area contributed by atoms with Crippen molar-refractivity contribution < 1.29 is 60.6 Å². The molecule has 22 heteroatoms. The molecule has 0 bridgehead atoms. The van der Waals surface area contributed by atoms with Gasteiger partial charge < -0.3 is 35.2 Å². The maximum absolute atomic E-state index is 13.7. The Morgan fingerprint density at radius 1 is 1.31 bits per heavy atom. The van der Waals surface area contributed by atoms with E-state index in [4.69, 9.17) is 31.9 Å². The third-order valence-electron chi connectivity index (χ3n) is 3.84. The van der Waals surface area contributed by atoms with Crippen LogP contribution in [0.15, 0.2) is 11.0 Å². The molecule has 1 aliphatic rings. The first-order valence-electron chi connectivity index (χ1n) is 8.03. The van der Waals surface area contributed by atoms with Crippen molar-refractivity contribution in [1.82, 2.24) is 14.8 Å². The highest BCUT2D eigenvalue weighted by Crippen LogP contribution is 2.66. The van der Waals surface area contributed by atoms with Gasteiger partial charge in [-0.25, -0.2) is 22.9 Å². The molecule has 32 heavy (non-hydrogen) atoms. The number of aliphatic hydroxyl groups excluding tert-OH is 1. The lowest BCUT2D eigenvalue weighted by molar-refractivity contribution is -0.0792. The van der Waals surface area contributed by atoms with Crippen LogP contribution < -0.4 is 11.4 Å². The number of aliphatic hydroxyl groups is 1. The van der Waals surface area contributed by atoms with E-state index in [2.05, 4.69) is 23.2 Å². The molecular formula is C10H17ClFN4O13P3. The topological polar surface area (TPSA) is 263 Å². The second-order valence-electron chi connectivity index (χ2n) is 6.27. The summed E-state index contributed by atoms with van der Waals surface area (Å²) in [6, 6.07) is 0. The third kappa shape index (κ3) is 6.39. The Kier molecular flexibility index (Phi) is 8.07. The number of hydrogen-bond donors (Lipinski definition) is 6. The van der Waals surface area contributed by atoms with Gasteiger partial charge in [-0.2, -0.15) is 23.4 Å². The van der Waals surface area contributed by atoms with Crippen molar-refractivity contribution in [2.75, 3.05) is 12.4 Å². The second-order valence-corrected chi connectivity index (χ2v) is 11.3. The zero-order valence-corrected chi connectivity index (χ0v) is 19.1. The predicted molar refractivity (Wildman–Crippen MR) is 99.6 cm³/mol. The summed E-state index contributed by atoms with van der Waals surface area (Å²) in [6.07, 6.45) is -6.46. The zero-order chi connectivity index (χ0) is 24.7. The van der Waals surface area contributed by atoms with Crippen molar-refractivity contribution in [2.24, 2.45) is 0 Å². The van der Waals surface area contributed by atoms with E-state index in [0.29, 0.717) is 4.68 Å². The third-order valence-corrected chi connectivity index (χ3v) is 8.28. The molecule has 1 aromatic rings. The molecule has 2 heterocycles. The molecule has 1 fully saturated rings. The molecule has 0 aliphatic carbocycles. The average molecular weight is 549 g/mol. The van der Waals surface area contributed by atoms with Gasteiger partial charge in [-0.1, -0.05) is 0 Å². The lowest BCUT2D eigenvalue weighted by Crippen LogP contribution is -2.47. The van der Waals surface area contributed by atoms with Gasteiger partial charge in [0.1, 0.15) is 29.6 Å². The molecule has 1 saturated heterocycles. The molecule has 0 saturated carbocycles. The number of aromatic nitrogens is 3. The SMILES string of the molecule is C[C@H](OP(=O)(O)OP(=O)(O)OP(=O)(O)O)[C@H]1O[C@@H](n2ncc(N)nc2=O)[C@@](Cl)(CF)C1O. The lowest BCUT2D eigenvalue weighted by atomic mass is 9.98. The van der Waals surface area contributed by atoms with Crippen molar-refractivity contribution in [1.29, 1.82) is 0 Å². The highest BCUT2D eigenvalue weighted by molar-refractivity contribution is 7.66. The average Bonchev–Trinajstić information content (AvgIpc) is 2.84. The Hall–Kier alpha value is -0.840. The fraction of sp³-hybridized carbons (Fsp3) is 0.700. The van der Waals surface area contributed by atoms with Crippen LogP contribution in [0.3, 0.4) is 0 Å². The molecular weight excluding hydrogens is 531 g/mol. The number of phosphoric ester groups is 1. The number of halogens is 2. The maximum Gasteiger partial charge on any atom is 0.490 e. The van der Waals surface area contributed by atoms with E-state index in [1.807, 2.05) is 0 Å². The number of rotatable bonds is 9. The van der Waals surface area contributed by atoms with Crippen LogP contribution in [-0.4, -0.2) is 69.3 Å². The van der Waals surface area contributed by atoms with E-state index >= 15 is 0 Å². The van der Waals surface area contributed by atoms with Gasteiger partial charge in [0.15, 0.2) is 6.23 Å². The van der Waals surface area contributed by atoms with E-state index < -0.39 is 65.2 Å². The predicted octanol–water partition coefficient (Wildman–Crippen LogP) is -0.842. The summed E-state index contributed by atoms with van der Waals surface area (Å²) < 4.78 is 65.2. The monoisotopic (exact) mass is 548 g/mol.